The van der Waals surface area contributed by atoms with Crippen molar-refractivity contribution in [1.29, 1.82) is 5.26 Å². The first-order valence-electron chi connectivity index (χ1n) is 7.29. The second kappa shape index (κ2) is 7.32. The van der Waals surface area contributed by atoms with Gasteiger partial charge in [0.1, 0.15) is 5.54 Å². The van der Waals surface area contributed by atoms with Crippen LogP contribution >= 0.6 is 11.6 Å². The Kier molecular flexibility index (Phi) is 5.42. The number of nitrogens with one attached hydrogen (secondary N) is 1. The van der Waals surface area contributed by atoms with Gasteiger partial charge in [-0.05, 0) is 25.0 Å². The van der Waals surface area contributed by atoms with E-state index in [1.807, 2.05) is 13.8 Å². The number of hydrogen-bond acceptors (Lipinski definition) is 6. The molecule has 0 bridgehead atoms. The molecule has 8 heteroatoms. The van der Waals surface area contributed by atoms with Crippen LogP contribution in [-0.2, 0) is 4.79 Å². The van der Waals surface area contributed by atoms with Crippen LogP contribution in [0, 0.1) is 17.2 Å². The molecule has 1 aromatic heterocycles. The topological polar surface area (TPSA) is 101 Å². The number of aromatic nitrogens is 2. The summed E-state index contributed by atoms with van der Waals surface area (Å²) in [4.78, 5) is 16.0. The van der Waals surface area contributed by atoms with Gasteiger partial charge in [0.2, 0.25) is 5.82 Å². The molecule has 1 heterocycles. The Morgan fingerprint density at radius 2 is 2.21 bits per heavy atom. The highest BCUT2D eigenvalue weighted by Crippen LogP contribution is 2.26. The number of halogens is 1. The Morgan fingerprint density at radius 3 is 2.83 bits per heavy atom. The Balaban J connectivity index is 1.98. The first-order chi connectivity index (χ1) is 11.4. The van der Waals surface area contributed by atoms with Crippen LogP contribution in [-0.4, -0.2) is 28.2 Å². The summed E-state index contributed by atoms with van der Waals surface area (Å²) in [6, 6.07) is 9.11. The minimum Gasteiger partial charge on any atom is -0.439 e. The van der Waals surface area contributed by atoms with E-state index in [9.17, 15) is 10.1 Å². The van der Waals surface area contributed by atoms with Crippen LogP contribution in [0.1, 0.15) is 20.8 Å². The zero-order valence-electron chi connectivity index (χ0n) is 13.5. The lowest BCUT2D eigenvalue weighted by atomic mass is 9.90. The standard InChI is InChI=1S/C16H17ClN4O3/c1-10(2)16(3,9-18)20-13(22)8-23-15-19-14(21-24-15)11-6-4-5-7-12(11)17/h4-7,10H,8H2,1-3H3,(H,20,22)/t16-/m1/s1. The van der Waals surface area contributed by atoms with Crippen LogP contribution in [0.3, 0.4) is 0 Å². The van der Waals surface area contributed by atoms with Gasteiger partial charge in [0, 0.05) is 5.56 Å². The molecule has 1 aromatic carbocycles. The fraction of sp³-hybridized carbons (Fsp3) is 0.375. The maximum Gasteiger partial charge on any atom is 0.418 e. The van der Waals surface area contributed by atoms with Crippen LogP contribution in [0.4, 0.5) is 0 Å². The molecule has 0 aliphatic rings. The fourth-order valence-corrected chi connectivity index (χ4v) is 1.99. The van der Waals surface area contributed by atoms with Gasteiger partial charge in [-0.25, -0.2) is 0 Å². The Hall–Kier alpha value is -2.59. The van der Waals surface area contributed by atoms with Gasteiger partial charge in [-0.3, -0.25) is 9.32 Å². The predicted octanol–water partition coefficient (Wildman–Crippen LogP) is 2.82. The van der Waals surface area contributed by atoms with E-state index in [0.717, 1.165) is 0 Å². The predicted molar refractivity (Wildman–Crippen MR) is 87.2 cm³/mol. The van der Waals surface area contributed by atoms with Gasteiger partial charge in [0.05, 0.1) is 11.1 Å². The summed E-state index contributed by atoms with van der Waals surface area (Å²) in [5, 5.41) is 16.1. The van der Waals surface area contributed by atoms with E-state index in [4.69, 9.17) is 20.9 Å². The van der Waals surface area contributed by atoms with E-state index < -0.39 is 11.4 Å². The Labute approximate surface area is 144 Å². The highest BCUT2D eigenvalue weighted by Gasteiger charge is 2.30. The van der Waals surface area contributed by atoms with E-state index in [1.165, 1.54) is 0 Å². The first-order valence-corrected chi connectivity index (χ1v) is 7.67. The molecule has 1 N–H and O–H groups in total. The van der Waals surface area contributed by atoms with Crippen LogP contribution in [0.5, 0.6) is 6.08 Å². The monoisotopic (exact) mass is 348 g/mol. The fourth-order valence-electron chi connectivity index (χ4n) is 1.77. The van der Waals surface area contributed by atoms with E-state index in [2.05, 4.69) is 21.5 Å². The number of nitriles is 1. The molecular formula is C16H17ClN4O3. The van der Waals surface area contributed by atoms with Gasteiger partial charge < -0.3 is 10.1 Å². The maximum absolute atomic E-state index is 11.9. The summed E-state index contributed by atoms with van der Waals surface area (Å²) in [5.41, 5.74) is -0.378. The second-order valence-electron chi connectivity index (χ2n) is 5.67. The summed E-state index contributed by atoms with van der Waals surface area (Å²) in [6.07, 6.45) is -0.150. The second-order valence-corrected chi connectivity index (χ2v) is 6.08. The number of amides is 1. The quantitative estimate of drug-likeness (QED) is 0.861. The molecule has 24 heavy (non-hydrogen) atoms. The molecule has 0 unspecified atom stereocenters. The van der Waals surface area contributed by atoms with Crippen molar-refractivity contribution in [2.75, 3.05) is 6.61 Å². The van der Waals surface area contributed by atoms with E-state index in [1.54, 1.807) is 31.2 Å². The number of benzene rings is 1. The molecule has 1 atom stereocenters. The van der Waals surface area contributed by atoms with Gasteiger partial charge in [0.25, 0.3) is 5.91 Å². The lowest BCUT2D eigenvalue weighted by molar-refractivity contribution is -0.125. The summed E-state index contributed by atoms with van der Waals surface area (Å²) in [7, 11) is 0. The SMILES string of the molecule is CC(C)[C@@](C)(C#N)NC(=O)COc1nc(-c2ccccc2Cl)no1. The minimum atomic E-state index is -0.974. The van der Waals surface area contributed by atoms with Gasteiger partial charge >= 0.3 is 6.08 Å². The number of ether oxygens (including phenoxy) is 1. The van der Waals surface area contributed by atoms with Crippen molar-refractivity contribution in [3.05, 3.63) is 29.3 Å². The highest BCUT2D eigenvalue weighted by molar-refractivity contribution is 6.33. The summed E-state index contributed by atoms with van der Waals surface area (Å²) in [5.74, 6) is -0.244. The van der Waals surface area contributed by atoms with Crippen molar-refractivity contribution in [3.8, 4) is 23.5 Å². The van der Waals surface area contributed by atoms with Crippen LogP contribution in [0.25, 0.3) is 11.4 Å². The minimum absolute atomic E-state index is 0.0540. The molecule has 0 saturated carbocycles. The number of carbonyl (C=O) groups is 1. The molecule has 0 aliphatic carbocycles. The zero-order valence-corrected chi connectivity index (χ0v) is 14.3. The van der Waals surface area contributed by atoms with Crippen molar-refractivity contribution in [1.82, 2.24) is 15.5 Å². The van der Waals surface area contributed by atoms with Gasteiger partial charge in [-0.1, -0.05) is 42.7 Å². The molecule has 0 spiro atoms. The van der Waals surface area contributed by atoms with Crippen LogP contribution in [0.2, 0.25) is 5.02 Å². The molecule has 0 aliphatic heterocycles. The van der Waals surface area contributed by atoms with Crippen LogP contribution < -0.4 is 10.1 Å². The van der Waals surface area contributed by atoms with E-state index in [-0.39, 0.29) is 24.4 Å². The van der Waals surface area contributed by atoms with Crippen molar-refractivity contribution in [2.24, 2.45) is 5.92 Å². The zero-order chi connectivity index (χ0) is 17.7. The van der Waals surface area contributed by atoms with Gasteiger partial charge in [-0.15, -0.1) is 0 Å². The normalized spacial score (nSPS) is 13.2. The molecule has 0 saturated heterocycles. The van der Waals surface area contributed by atoms with Crippen molar-refractivity contribution in [3.63, 3.8) is 0 Å². The lowest BCUT2D eigenvalue weighted by Crippen LogP contribution is -2.50. The average Bonchev–Trinajstić information content (AvgIpc) is 3.01. The molecule has 7 nitrogen and oxygen atoms in total. The largest absolute Gasteiger partial charge is 0.439 e. The molecule has 0 fully saturated rings. The third kappa shape index (κ3) is 4.03. The van der Waals surface area contributed by atoms with Crippen LogP contribution in [0.15, 0.2) is 28.8 Å². The first kappa shape index (κ1) is 17.8. The third-order valence-corrected chi connectivity index (χ3v) is 3.96. The van der Waals surface area contributed by atoms with Gasteiger partial charge in [0.15, 0.2) is 6.61 Å². The van der Waals surface area contributed by atoms with E-state index >= 15 is 0 Å². The average molecular weight is 349 g/mol. The van der Waals surface area contributed by atoms with Crippen molar-refractivity contribution in [2.45, 2.75) is 26.3 Å². The molecule has 2 aromatic rings. The Bertz CT molecular complexity index is 769. The van der Waals surface area contributed by atoms with Crippen molar-refractivity contribution >= 4 is 17.5 Å². The third-order valence-electron chi connectivity index (χ3n) is 3.63. The number of rotatable bonds is 6. The van der Waals surface area contributed by atoms with E-state index in [0.29, 0.717) is 10.6 Å². The number of hydrogen-bond donors (Lipinski definition) is 1. The summed E-state index contributed by atoms with van der Waals surface area (Å²) < 4.78 is 10.1. The smallest absolute Gasteiger partial charge is 0.418 e. The highest BCUT2D eigenvalue weighted by atomic mass is 35.5. The van der Waals surface area contributed by atoms with Crippen molar-refractivity contribution < 1.29 is 14.1 Å². The summed E-state index contributed by atoms with van der Waals surface area (Å²) >= 11 is 6.06. The number of nitrogens with zero attached hydrogens (tertiary/aromatic N) is 3. The maximum atomic E-state index is 11.9. The Morgan fingerprint density at radius 1 is 1.50 bits per heavy atom. The number of carbonyl (C=O) groups excluding carboxylic acids is 1. The summed E-state index contributed by atoms with van der Waals surface area (Å²) in [6.45, 7) is 5.00. The molecule has 2 rings (SSSR count). The molecule has 0 radical (unpaired) electrons. The molecular weight excluding hydrogens is 332 g/mol. The van der Waals surface area contributed by atoms with Gasteiger partial charge in [-0.2, -0.15) is 10.2 Å². The molecule has 126 valence electrons. The lowest BCUT2D eigenvalue weighted by Gasteiger charge is -2.26. The molecule has 1 amide bonds.